The maximum absolute atomic E-state index is 10.7. The molecule has 1 heterocycles. The monoisotopic (exact) mass is 304 g/mol. The van der Waals surface area contributed by atoms with Crippen molar-refractivity contribution in [2.24, 2.45) is 0 Å². The van der Waals surface area contributed by atoms with Crippen molar-refractivity contribution in [3.63, 3.8) is 0 Å². The van der Waals surface area contributed by atoms with Crippen LogP contribution in [-0.2, 0) is 17.8 Å². The van der Waals surface area contributed by atoms with E-state index in [9.17, 15) is 4.79 Å². The van der Waals surface area contributed by atoms with Crippen molar-refractivity contribution in [2.45, 2.75) is 37.9 Å². The first-order valence-corrected chi connectivity index (χ1v) is 8.04. The number of hydrogen-bond acceptors (Lipinski definition) is 3. The van der Waals surface area contributed by atoms with Crippen LogP contribution < -0.4 is 0 Å². The lowest BCUT2D eigenvalue weighted by atomic mass is 10.0. The SMILES string of the molecule is CCc1cnc(SCC(=O)O)n1CC(C)c1ccccc1. The number of carboxylic acid groups (broad SMARTS) is 1. The Hall–Kier alpha value is -1.75. The summed E-state index contributed by atoms with van der Waals surface area (Å²) in [6, 6.07) is 10.3. The van der Waals surface area contributed by atoms with Gasteiger partial charge >= 0.3 is 5.97 Å². The normalized spacial score (nSPS) is 12.3. The molecule has 0 aliphatic rings. The van der Waals surface area contributed by atoms with Crippen LogP contribution in [0.4, 0.5) is 0 Å². The molecule has 0 amide bonds. The summed E-state index contributed by atoms with van der Waals surface area (Å²) >= 11 is 1.28. The fourth-order valence-electron chi connectivity index (χ4n) is 2.27. The first-order valence-electron chi connectivity index (χ1n) is 7.05. The quantitative estimate of drug-likeness (QED) is 0.796. The molecule has 0 radical (unpaired) electrons. The van der Waals surface area contributed by atoms with E-state index >= 15 is 0 Å². The lowest BCUT2D eigenvalue weighted by molar-refractivity contribution is -0.133. The Labute approximate surface area is 129 Å². The molecule has 2 aromatic rings. The number of aryl methyl sites for hydroxylation is 1. The minimum Gasteiger partial charge on any atom is -0.481 e. The van der Waals surface area contributed by atoms with Crippen molar-refractivity contribution >= 4 is 17.7 Å². The fourth-order valence-corrected chi connectivity index (χ4v) is 3.00. The Morgan fingerprint density at radius 3 is 2.71 bits per heavy atom. The van der Waals surface area contributed by atoms with E-state index in [0.717, 1.165) is 23.8 Å². The number of carbonyl (C=O) groups is 1. The number of benzene rings is 1. The Morgan fingerprint density at radius 1 is 1.38 bits per heavy atom. The molecular weight excluding hydrogens is 284 g/mol. The predicted octanol–water partition coefficient (Wildman–Crippen LogP) is 3.43. The smallest absolute Gasteiger partial charge is 0.313 e. The third-order valence-corrected chi connectivity index (χ3v) is 4.39. The highest BCUT2D eigenvalue weighted by atomic mass is 32.2. The van der Waals surface area contributed by atoms with Gasteiger partial charge < -0.3 is 9.67 Å². The van der Waals surface area contributed by atoms with Crippen LogP contribution in [0, 0.1) is 0 Å². The lowest BCUT2D eigenvalue weighted by Gasteiger charge is -2.16. The summed E-state index contributed by atoms with van der Waals surface area (Å²) in [7, 11) is 0. The molecule has 0 bridgehead atoms. The van der Waals surface area contributed by atoms with Gasteiger partial charge in [-0.15, -0.1) is 0 Å². The minimum absolute atomic E-state index is 0.0416. The predicted molar refractivity (Wildman–Crippen MR) is 84.8 cm³/mol. The van der Waals surface area contributed by atoms with Crippen molar-refractivity contribution in [3.8, 4) is 0 Å². The van der Waals surface area contributed by atoms with Crippen molar-refractivity contribution in [1.29, 1.82) is 0 Å². The molecule has 5 heteroatoms. The van der Waals surface area contributed by atoms with Crippen LogP contribution in [0.5, 0.6) is 0 Å². The highest BCUT2D eigenvalue weighted by molar-refractivity contribution is 7.99. The van der Waals surface area contributed by atoms with Crippen LogP contribution in [-0.4, -0.2) is 26.4 Å². The van der Waals surface area contributed by atoms with E-state index in [1.54, 1.807) is 0 Å². The number of hydrogen-bond donors (Lipinski definition) is 1. The molecule has 1 aromatic heterocycles. The molecule has 112 valence electrons. The summed E-state index contributed by atoms with van der Waals surface area (Å²) in [6.45, 7) is 5.09. The average molecular weight is 304 g/mol. The number of carboxylic acids is 1. The molecule has 2 rings (SSSR count). The first kappa shape index (κ1) is 15.6. The molecule has 0 aliphatic heterocycles. The van der Waals surface area contributed by atoms with Crippen molar-refractivity contribution in [3.05, 3.63) is 47.8 Å². The number of imidazole rings is 1. The van der Waals surface area contributed by atoms with Crippen molar-refractivity contribution in [2.75, 3.05) is 5.75 Å². The summed E-state index contributed by atoms with van der Waals surface area (Å²) in [5.74, 6) is -0.418. The van der Waals surface area contributed by atoms with Crippen LogP contribution in [0.15, 0.2) is 41.7 Å². The highest BCUT2D eigenvalue weighted by Gasteiger charge is 2.14. The van der Waals surface area contributed by atoms with E-state index in [1.807, 2.05) is 24.4 Å². The Kier molecular flexibility index (Phi) is 5.44. The topological polar surface area (TPSA) is 55.1 Å². The molecule has 0 fully saturated rings. The van der Waals surface area contributed by atoms with Gasteiger partial charge in [0.25, 0.3) is 0 Å². The van der Waals surface area contributed by atoms with Gasteiger partial charge in [0.1, 0.15) is 0 Å². The molecule has 1 N–H and O–H groups in total. The van der Waals surface area contributed by atoms with Gasteiger partial charge in [0, 0.05) is 18.4 Å². The summed E-state index contributed by atoms with van der Waals surface area (Å²) < 4.78 is 2.14. The number of rotatable bonds is 7. The van der Waals surface area contributed by atoms with Gasteiger partial charge in [-0.05, 0) is 17.9 Å². The molecule has 0 spiro atoms. The van der Waals surface area contributed by atoms with Gasteiger partial charge in [-0.2, -0.15) is 0 Å². The third-order valence-electron chi connectivity index (χ3n) is 3.41. The maximum atomic E-state index is 10.7. The number of aromatic nitrogens is 2. The van der Waals surface area contributed by atoms with Crippen LogP contribution >= 0.6 is 11.8 Å². The zero-order chi connectivity index (χ0) is 15.2. The molecule has 1 atom stereocenters. The van der Waals surface area contributed by atoms with Crippen LogP contribution in [0.1, 0.15) is 31.0 Å². The van der Waals surface area contributed by atoms with E-state index in [4.69, 9.17) is 5.11 Å². The second-order valence-corrected chi connectivity index (χ2v) is 5.93. The van der Waals surface area contributed by atoms with E-state index in [0.29, 0.717) is 5.92 Å². The summed E-state index contributed by atoms with van der Waals surface area (Å²) in [6.07, 6.45) is 2.74. The highest BCUT2D eigenvalue weighted by Crippen LogP contribution is 2.24. The third kappa shape index (κ3) is 4.11. The molecular formula is C16H20N2O2S. The van der Waals surface area contributed by atoms with Gasteiger partial charge in [0.2, 0.25) is 0 Å². The first-order chi connectivity index (χ1) is 10.1. The molecule has 1 unspecified atom stereocenters. The zero-order valence-electron chi connectivity index (χ0n) is 12.3. The summed E-state index contributed by atoms with van der Waals surface area (Å²) in [4.78, 5) is 15.1. The second kappa shape index (κ2) is 7.31. The van der Waals surface area contributed by atoms with Gasteiger partial charge in [0.05, 0.1) is 5.75 Å². The summed E-state index contributed by atoms with van der Waals surface area (Å²) in [5.41, 5.74) is 2.42. The van der Waals surface area contributed by atoms with Gasteiger partial charge in [-0.1, -0.05) is 55.9 Å². The largest absolute Gasteiger partial charge is 0.481 e. The van der Waals surface area contributed by atoms with Crippen LogP contribution in [0.3, 0.4) is 0 Å². The van der Waals surface area contributed by atoms with Crippen LogP contribution in [0.25, 0.3) is 0 Å². The molecule has 1 aromatic carbocycles. The Bertz CT molecular complexity index is 596. The summed E-state index contributed by atoms with van der Waals surface area (Å²) in [5, 5.41) is 9.62. The van der Waals surface area contributed by atoms with Crippen molar-refractivity contribution < 1.29 is 9.90 Å². The number of aliphatic carboxylic acids is 1. The van der Waals surface area contributed by atoms with E-state index < -0.39 is 5.97 Å². The van der Waals surface area contributed by atoms with Gasteiger partial charge in [-0.3, -0.25) is 4.79 Å². The standard InChI is InChI=1S/C16H20N2O2S/c1-3-14-9-17-16(21-11-15(19)20)18(14)10-12(2)13-7-5-4-6-8-13/h4-9,12H,3,10-11H2,1-2H3,(H,19,20). The zero-order valence-corrected chi connectivity index (χ0v) is 13.1. The van der Waals surface area contributed by atoms with Crippen LogP contribution in [0.2, 0.25) is 0 Å². The van der Waals surface area contributed by atoms with Gasteiger partial charge in [0.15, 0.2) is 5.16 Å². The molecule has 0 aliphatic carbocycles. The fraction of sp³-hybridized carbons (Fsp3) is 0.375. The minimum atomic E-state index is -0.816. The average Bonchev–Trinajstić information content (AvgIpc) is 2.88. The number of thioether (sulfide) groups is 1. The Balaban J connectivity index is 2.17. The van der Waals surface area contributed by atoms with Crippen molar-refractivity contribution in [1.82, 2.24) is 9.55 Å². The molecule has 4 nitrogen and oxygen atoms in total. The molecule has 21 heavy (non-hydrogen) atoms. The second-order valence-electron chi connectivity index (χ2n) is 4.99. The lowest BCUT2D eigenvalue weighted by Crippen LogP contribution is -2.11. The number of nitrogens with zero attached hydrogens (tertiary/aromatic N) is 2. The van der Waals surface area contributed by atoms with Gasteiger partial charge in [-0.25, -0.2) is 4.98 Å². The maximum Gasteiger partial charge on any atom is 0.313 e. The Morgan fingerprint density at radius 2 is 2.10 bits per heavy atom. The molecule has 0 saturated carbocycles. The van der Waals surface area contributed by atoms with E-state index in [2.05, 4.69) is 35.5 Å². The molecule has 0 saturated heterocycles. The van der Waals surface area contributed by atoms with E-state index in [1.165, 1.54) is 17.3 Å². The van der Waals surface area contributed by atoms with E-state index in [-0.39, 0.29) is 5.75 Å².